The molecule has 0 unspecified atom stereocenters. The van der Waals surface area contributed by atoms with E-state index in [2.05, 4.69) is 4.98 Å². The van der Waals surface area contributed by atoms with E-state index in [1.165, 1.54) is 18.3 Å². The third-order valence-corrected chi connectivity index (χ3v) is 5.31. The summed E-state index contributed by atoms with van der Waals surface area (Å²) >= 11 is 0. The Morgan fingerprint density at radius 1 is 1.29 bits per heavy atom. The van der Waals surface area contributed by atoms with Crippen molar-refractivity contribution in [1.29, 1.82) is 0 Å². The van der Waals surface area contributed by atoms with Crippen molar-refractivity contribution in [3.8, 4) is 0 Å². The quantitative estimate of drug-likeness (QED) is 0.836. The zero-order valence-electron chi connectivity index (χ0n) is 13.3. The minimum atomic E-state index is -1.01. The molecule has 24 heavy (non-hydrogen) atoms. The lowest BCUT2D eigenvalue weighted by molar-refractivity contribution is -0.145. The molecule has 2 saturated heterocycles. The number of likely N-dealkylation sites (tertiary alicyclic amines) is 1. The lowest BCUT2D eigenvalue weighted by Crippen LogP contribution is -2.56. The Hall–Kier alpha value is -2.64. The van der Waals surface area contributed by atoms with Gasteiger partial charge < -0.3 is 20.0 Å². The van der Waals surface area contributed by atoms with E-state index in [0.717, 1.165) is 0 Å². The number of aliphatic carboxylic acids is 1. The molecule has 1 aromatic rings. The van der Waals surface area contributed by atoms with Crippen LogP contribution < -0.4 is 4.90 Å². The number of carbonyl (C=O) groups excluding carboxylic acids is 1. The maximum Gasteiger partial charge on any atom is 0.335 e. The van der Waals surface area contributed by atoms with Crippen molar-refractivity contribution >= 4 is 23.7 Å². The lowest BCUT2D eigenvalue weighted by atomic mass is 9.77. The van der Waals surface area contributed by atoms with Crippen LogP contribution in [0.2, 0.25) is 0 Å². The molecule has 2 aliphatic rings. The largest absolute Gasteiger partial charge is 0.481 e. The van der Waals surface area contributed by atoms with Crippen LogP contribution in [0.5, 0.6) is 0 Å². The third-order valence-electron chi connectivity index (χ3n) is 5.31. The average Bonchev–Trinajstić information content (AvgIpc) is 2.81. The summed E-state index contributed by atoms with van der Waals surface area (Å²) in [5, 5.41) is 18.6. The summed E-state index contributed by atoms with van der Waals surface area (Å²) in [6.45, 7) is 1.05. The number of anilines is 1. The van der Waals surface area contributed by atoms with Crippen molar-refractivity contribution in [2.75, 3.05) is 25.0 Å². The number of rotatable bonds is 3. The van der Waals surface area contributed by atoms with Crippen LogP contribution >= 0.6 is 0 Å². The SMILES string of the molecule is CN1C(=O)C[C@H](C(=O)O)C12CCN(c1cc(C(=O)O)ccn1)CC2. The highest BCUT2D eigenvalue weighted by atomic mass is 16.4. The van der Waals surface area contributed by atoms with E-state index in [0.29, 0.717) is 31.7 Å². The minimum absolute atomic E-state index is 0.0403. The van der Waals surface area contributed by atoms with Gasteiger partial charge in [0.1, 0.15) is 5.82 Å². The molecule has 0 radical (unpaired) electrons. The van der Waals surface area contributed by atoms with Gasteiger partial charge in [0.25, 0.3) is 0 Å². The van der Waals surface area contributed by atoms with E-state index in [9.17, 15) is 19.5 Å². The molecule has 8 nitrogen and oxygen atoms in total. The average molecular weight is 333 g/mol. The van der Waals surface area contributed by atoms with E-state index < -0.39 is 23.4 Å². The van der Waals surface area contributed by atoms with Crippen molar-refractivity contribution < 1.29 is 24.6 Å². The van der Waals surface area contributed by atoms with E-state index >= 15 is 0 Å². The van der Waals surface area contributed by atoms with Gasteiger partial charge >= 0.3 is 11.9 Å². The van der Waals surface area contributed by atoms with Gasteiger partial charge in [0.05, 0.1) is 17.0 Å². The summed E-state index contributed by atoms with van der Waals surface area (Å²) in [5.41, 5.74) is -0.499. The second kappa shape index (κ2) is 5.77. The zero-order chi connectivity index (χ0) is 17.5. The topological polar surface area (TPSA) is 111 Å². The molecular weight excluding hydrogens is 314 g/mol. The Bertz CT molecular complexity index is 697. The van der Waals surface area contributed by atoms with E-state index in [1.54, 1.807) is 11.9 Å². The number of carboxylic acids is 2. The normalized spacial score (nSPS) is 22.9. The predicted molar refractivity (Wildman–Crippen MR) is 83.9 cm³/mol. The van der Waals surface area contributed by atoms with E-state index in [1.807, 2.05) is 4.90 Å². The Balaban J connectivity index is 1.80. The van der Waals surface area contributed by atoms with Crippen LogP contribution in [0.1, 0.15) is 29.6 Å². The fraction of sp³-hybridized carbons (Fsp3) is 0.500. The predicted octanol–water partition coefficient (Wildman–Crippen LogP) is 0.682. The molecule has 8 heteroatoms. The fourth-order valence-electron chi connectivity index (χ4n) is 3.83. The summed E-state index contributed by atoms with van der Waals surface area (Å²) in [7, 11) is 1.67. The van der Waals surface area contributed by atoms with E-state index in [4.69, 9.17) is 5.11 Å². The first-order chi connectivity index (χ1) is 11.3. The third kappa shape index (κ3) is 2.47. The Morgan fingerprint density at radius 3 is 2.54 bits per heavy atom. The maximum absolute atomic E-state index is 12.0. The van der Waals surface area contributed by atoms with Gasteiger partial charge in [-0.15, -0.1) is 0 Å². The molecule has 0 aromatic carbocycles. The first kappa shape index (κ1) is 16.2. The molecule has 128 valence electrons. The van der Waals surface area contributed by atoms with Crippen LogP contribution in [-0.2, 0) is 9.59 Å². The number of hydrogen-bond acceptors (Lipinski definition) is 5. The second-order valence-electron chi connectivity index (χ2n) is 6.35. The molecule has 0 aliphatic carbocycles. The fourth-order valence-corrected chi connectivity index (χ4v) is 3.83. The van der Waals surface area contributed by atoms with Crippen LogP contribution in [0.15, 0.2) is 18.3 Å². The van der Waals surface area contributed by atoms with Gasteiger partial charge in [0, 0.05) is 32.8 Å². The molecule has 2 fully saturated rings. The van der Waals surface area contributed by atoms with Gasteiger partial charge in [0.2, 0.25) is 5.91 Å². The number of pyridine rings is 1. The van der Waals surface area contributed by atoms with E-state index in [-0.39, 0.29) is 17.9 Å². The highest BCUT2D eigenvalue weighted by molar-refractivity contribution is 5.89. The summed E-state index contributed by atoms with van der Waals surface area (Å²) in [6, 6.07) is 2.94. The molecule has 2 N–H and O–H groups in total. The van der Waals surface area contributed by atoms with Gasteiger partial charge in [-0.3, -0.25) is 9.59 Å². The van der Waals surface area contributed by atoms with Crippen molar-refractivity contribution in [2.45, 2.75) is 24.8 Å². The number of nitrogens with zero attached hydrogens (tertiary/aromatic N) is 3. The van der Waals surface area contributed by atoms with Gasteiger partial charge in [-0.1, -0.05) is 0 Å². The first-order valence-electron chi connectivity index (χ1n) is 7.79. The van der Waals surface area contributed by atoms with Crippen LogP contribution in [-0.4, -0.2) is 63.6 Å². The number of carboxylic acid groups (broad SMARTS) is 2. The molecular formula is C16H19N3O5. The summed E-state index contributed by atoms with van der Waals surface area (Å²) in [6.07, 6.45) is 2.53. The number of amides is 1. The standard InChI is InChI=1S/C16H19N3O5/c1-18-13(20)9-11(15(23)24)16(18)3-6-19(7-4-16)12-8-10(14(21)22)2-5-17-12/h2,5,8,11H,3-4,6-7,9H2,1H3,(H,21,22)(H,23,24)/t11-/m1/s1. The second-order valence-corrected chi connectivity index (χ2v) is 6.35. The first-order valence-corrected chi connectivity index (χ1v) is 7.79. The van der Waals surface area contributed by atoms with Crippen molar-refractivity contribution in [2.24, 2.45) is 5.92 Å². The summed E-state index contributed by atoms with van der Waals surface area (Å²) in [4.78, 5) is 42.4. The molecule has 0 saturated carbocycles. The number of aromatic nitrogens is 1. The van der Waals surface area contributed by atoms with Crippen molar-refractivity contribution in [3.63, 3.8) is 0 Å². The van der Waals surface area contributed by atoms with Crippen LogP contribution in [0, 0.1) is 5.92 Å². The number of carbonyl (C=O) groups is 3. The monoisotopic (exact) mass is 333 g/mol. The van der Waals surface area contributed by atoms with Gasteiger partial charge in [-0.05, 0) is 25.0 Å². The van der Waals surface area contributed by atoms with Crippen molar-refractivity contribution in [1.82, 2.24) is 9.88 Å². The maximum atomic E-state index is 12.0. The Labute approximate surface area is 138 Å². The molecule has 1 spiro atoms. The van der Waals surface area contributed by atoms with Gasteiger partial charge in [-0.25, -0.2) is 9.78 Å². The van der Waals surface area contributed by atoms with Crippen molar-refractivity contribution in [3.05, 3.63) is 23.9 Å². The molecule has 2 aliphatic heterocycles. The van der Waals surface area contributed by atoms with Gasteiger partial charge in [-0.2, -0.15) is 0 Å². The zero-order valence-corrected chi connectivity index (χ0v) is 13.3. The highest BCUT2D eigenvalue weighted by Gasteiger charge is 2.55. The molecule has 1 amide bonds. The molecule has 1 atom stereocenters. The molecule has 1 aromatic heterocycles. The number of piperidine rings is 1. The van der Waals surface area contributed by atoms with Gasteiger partial charge in [0.15, 0.2) is 0 Å². The molecule has 0 bridgehead atoms. The number of aromatic carboxylic acids is 1. The summed E-state index contributed by atoms with van der Waals surface area (Å²) in [5.74, 6) is -2.23. The molecule has 3 heterocycles. The minimum Gasteiger partial charge on any atom is -0.481 e. The Kier molecular flexibility index (Phi) is 3.90. The number of hydrogen-bond donors (Lipinski definition) is 2. The van der Waals surface area contributed by atoms with Crippen LogP contribution in [0.3, 0.4) is 0 Å². The smallest absolute Gasteiger partial charge is 0.335 e. The summed E-state index contributed by atoms with van der Waals surface area (Å²) < 4.78 is 0. The van der Waals surface area contributed by atoms with Crippen LogP contribution in [0.25, 0.3) is 0 Å². The lowest BCUT2D eigenvalue weighted by Gasteiger charge is -2.45. The highest BCUT2D eigenvalue weighted by Crippen LogP contribution is 2.43. The van der Waals surface area contributed by atoms with Crippen LogP contribution in [0.4, 0.5) is 5.82 Å². The molecule has 3 rings (SSSR count). The Morgan fingerprint density at radius 2 is 1.96 bits per heavy atom.